The minimum Gasteiger partial charge on any atom is -0.264 e. The predicted molar refractivity (Wildman–Crippen MR) is 104 cm³/mol. The molecule has 4 aromatic rings. The lowest BCUT2D eigenvalue weighted by molar-refractivity contribution is 1.24. The minimum absolute atomic E-state index is 0.698. The maximum absolute atomic E-state index is 6.32. The summed E-state index contributed by atoms with van der Waals surface area (Å²) in [5.41, 5.74) is 4.68. The van der Waals surface area contributed by atoms with E-state index < -0.39 is 0 Å². The Labute approximate surface area is 155 Å². The Morgan fingerprint density at radius 2 is 1.72 bits per heavy atom. The summed E-state index contributed by atoms with van der Waals surface area (Å²) in [6.07, 6.45) is 3.59. The van der Waals surface area contributed by atoms with Crippen LogP contribution >= 0.6 is 22.9 Å². The number of aryl methyl sites for hydroxylation is 1. The number of aromatic nitrogens is 3. The highest BCUT2D eigenvalue weighted by Gasteiger charge is 2.14. The van der Waals surface area contributed by atoms with E-state index in [2.05, 4.69) is 9.97 Å². The average molecular weight is 364 g/mol. The summed E-state index contributed by atoms with van der Waals surface area (Å²) in [6, 6.07) is 17.7. The molecule has 0 aliphatic rings. The summed E-state index contributed by atoms with van der Waals surface area (Å²) in [5.74, 6) is 0. The van der Waals surface area contributed by atoms with Crippen LogP contribution in [-0.2, 0) is 0 Å². The molecule has 0 amide bonds. The topological polar surface area (TPSA) is 38.7 Å². The normalized spacial score (nSPS) is 10.8. The van der Waals surface area contributed by atoms with E-state index in [0.29, 0.717) is 5.02 Å². The van der Waals surface area contributed by atoms with Gasteiger partial charge in [-0.2, -0.15) is 0 Å². The molecule has 3 aromatic heterocycles. The molecule has 3 nitrogen and oxygen atoms in total. The Hall–Kier alpha value is -2.56. The SMILES string of the molecule is Cc1nc(-c2cccnc2)sc1-c1cccc(-c2ccccc2Cl)n1. The van der Waals surface area contributed by atoms with E-state index in [9.17, 15) is 0 Å². The van der Waals surface area contributed by atoms with Gasteiger partial charge < -0.3 is 0 Å². The summed E-state index contributed by atoms with van der Waals surface area (Å²) in [4.78, 5) is 14.7. The molecule has 0 atom stereocenters. The Balaban J connectivity index is 1.78. The number of halogens is 1. The molecule has 0 N–H and O–H groups in total. The highest BCUT2D eigenvalue weighted by molar-refractivity contribution is 7.18. The molecule has 0 aliphatic heterocycles. The van der Waals surface area contributed by atoms with E-state index >= 15 is 0 Å². The van der Waals surface area contributed by atoms with E-state index in [-0.39, 0.29) is 0 Å². The van der Waals surface area contributed by atoms with Gasteiger partial charge in [-0.25, -0.2) is 9.97 Å². The molecule has 0 fully saturated rings. The van der Waals surface area contributed by atoms with Crippen LogP contribution in [-0.4, -0.2) is 15.0 Å². The van der Waals surface area contributed by atoms with Crippen LogP contribution in [0.3, 0.4) is 0 Å². The molecule has 4 rings (SSSR count). The van der Waals surface area contributed by atoms with Gasteiger partial charge in [-0.05, 0) is 37.3 Å². The first kappa shape index (κ1) is 15.9. The average Bonchev–Trinajstić information content (AvgIpc) is 3.05. The lowest BCUT2D eigenvalue weighted by atomic mass is 10.1. The molecular weight excluding hydrogens is 350 g/mol. The smallest absolute Gasteiger partial charge is 0.125 e. The van der Waals surface area contributed by atoms with Crippen molar-refractivity contribution in [1.82, 2.24) is 15.0 Å². The maximum Gasteiger partial charge on any atom is 0.125 e. The number of nitrogens with zero attached hydrogens (tertiary/aromatic N) is 3. The largest absolute Gasteiger partial charge is 0.264 e. The van der Waals surface area contributed by atoms with Crippen LogP contribution in [0.5, 0.6) is 0 Å². The van der Waals surface area contributed by atoms with Gasteiger partial charge >= 0.3 is 0 Å². The second-order valence-corrected chi connectivity index (χ2v) is 6.97. The number of pyridine rings is 2. The van der Waals surface area contributed by atoms with E-state index in [4.69, 9.17) is 16.6 Å². The molecule has 25 heavy (non-hydrogen) atoms. The van der Waals surface area contributed by atoms with Crippen molar-refractivity contribution in [1.29, 1.82) is 0 Å². The Morgan fingerprint density at radius 3 is 2.52 bits per heavy atom. The van der Waals surface area contributed by atoms with Crippen molar-refractivity contribution in [3.8, 4) is 32.4 Å². The van der Waals surface area contributed by atoms with Crippen LogP contribution in [0, 0.1) is 6.92 Å². The Morgan fingerprint density at radius 1 is 0.880 bits per heavy atom. The first-order valence-electron chi connectivity index (χ1n) is 7.82. The van der Waals surface area contributed by atoms with Crippen LogP contribution < -0.4 is 0 Å². The van der Waals surface area contributed by atoms with Gasteiger partial charge in [0.15, 0.2) is 0 Å². The quantitative estimate of drug-likeness (QED) is 0.455. The molecule has 0 bridgehead atoms. The predicted octanol–water partition coefficient (Wildman–Crippen LogP) is 5.90. The molecule has 0 saturated carbocycles. The summed E-state index contributed by atoms with van der Waals surface area (Å²) in [6.45, 7) is 2.01. The van der Waals surface area contributed by atoms with Gasteiger partial charge in [-0.1, -0.05) is 35.9 Å². The molecule has 0 unspecified atom stereocenters. The van der Waals surface area contributed by atoms with Gasteiger partial charge in [0.1, 0.15) is 5.01 Å². The van der Waals surface area contributed by atoms with Crippen LogP contribution in [0.2, 0.25) is 5.02 Å². The summed E-state index contributed by atoms with van der Waals surface area (Å²) in [5, 5.41) is 1.65. The molecular formula is C20H14ClN3S. The lowest BCUT2D eigenvalue weighted by Crippen LogP contribution is -1.88. The van der Waals surface area contributed by atoms with E-state index in [1.165, 1.54) is 0 Å². The van der Waals surface area contributed by atoms with Gasteiger partial charge in [-0.3, -0.25) is 4.98 Å². The van der Waals surface area contributed by atoms with Crippen molar-refractivity contribution in [3.63, 3.8) is 0 Å². The highest BCUT2D eigenvalue weighted by Crippen LogP contribution is 2.35. The number of thiazole rings is 1. The van der Waals surface area contributed by atoms with Gasteiger partial charge in [-0.15, -0.1) is 11.3 Å². The second kappa shape index (κ2) is 6.75. The molecule has 3 heterocycles. The summed E-state index contributed by atoms with van der Waals surface area (Å²) >= 11 is 7.94. The van der Waals surface area contributed by atoms with Crippen molar-refractivity contribution in [3.05, 3.63) is 77.7 Å². The van der Waals surface area contributed by atoms with Crippen molar-refractivity contribution >= 4 is 22.9 Å². The van der Waals surface area contributed by atoms with Gasteiger partial charge in [0.2, 0.25) is 0 Å². The first-order valence-corrected chi connectivity index (χ1v) is 9.02. The number of benzene rings is 1. The second-order valence-electron chi connectivity index (χ2n) is 5.56. The van der Waals surface area contributed by atoms with Crippen LogP contribution in [0.4, 0.5) is 0 Å². The minimum atomic E-state index is 0.698. The molecule has 1 aromatic carbocycles. The fraction of sp³-hybridized carbons (Fsp3) is 0.0500. The fourth-order valence-electron chi connectivity index (χ4n) is 2.63. The van der Waals surface area contributed by atoms with E-state index in [1.54, 1.807) is 17.5 Å². The van der Waals surface area contributed by atoms with Crippen LogP contribution in [0.15, 0.2) is 67.0 Å². The maximum atomic E-state index is 6.32. The van der Waals surface area contributed by atoms with E-state index in [0.717, 1.165) is 38.1 Å². The third-order valence-electron chi connectivity index (χ3n) is 3.84. The third kappa shape index (κ3) is 3.18. The summed E-state index contributed by atoms with van der Waals surface area (Å²) < 4.78 is 0. The highest BCUT2D eigenvalue weighted by atomic mass is 35.5. The van der Waals surface area contributed by atoms with Gasteiger partial charge in [0.25, 0.3) is 0 Å². The van der Waals surface area contributed by atoms with Crippen molar-refractivity contribution < 1.29 is 0 Å². The van der Waals surface area contributed by atoms with Crippen molar-refractivity contribution in [2.75, 3.05) is 0 Å². The molecule has 0 saturated heterocycles. The number of hydrogen-bond donors (Lipinski definition) is 0. The fourth-order valence-corrected chi connectivity index (χ4v) is 3.89. The van der Waals surface area contributed by atoms with Crippen molar-refractivity contribution in [2.45, 2.75) is 6.92 Å². The molecule has 0 aliphatic carbocycles. The van der Waals surface area contributed by atoms with Gasteiger partial charge in [0, 0.05) is 28.5 Å². The third-order valence-corrected chi connectivity index (χ3v) is 5.40. The standard InChI is InChI=1S/C20H14ClN3S/c1-13-19(25-20(23-13)14-6-5-11-22-12-14)18-10-4-9-17(24-18)15-7-2-3-8-16(15)21/h2-12H,1H3. The number of rotatable bonds is 3. The Bertz CT molecular complexity index is 1030. The van der Waals surface area contributed by atoms with Gasteiger partial charge in [0.05, 0.1) is 22.0 Å². The molecule has 122 valence electrons. The molecule has 0 radical (unpaired) electrons. The monoisotopic (exact) mass is 363 g/mol. The Kier molecular flexibility index (Phi) is 4.30. The van der Waals surface area contributed by atoms with Crippen LogP contribution in [0.1, 0.15) is 5.69 Å². The summed E-state index contributed by atoms with van der Waals surface area (Å²) in [7, 11) is 0. The van der Waals surface area contributed by atoms with Crippen molar-refractivity contribution in [2.24, 2.45) is 0 Å². The van der Waals surface area contributed by atoms with Crippen LogP contribution in [0.25, 0.3) is 32.4 Å². The zero-order valence-corrected chi connectivity index (χ0v) is 15.1. The first-order chi connectivity index (χ1) is 12.2. The zero-order valence-electron chi connectivity index (χ0n) is 13.5. The lowest BCUT2D eigenvalue weighted by Gasteiger charge is -2.05. The molecule has 0 spiro atoms. The number of hydrogen-bond acceptors (Lipinski definition) is 4. The zero-order chi connectivity index (χ0) is 17.2. The molecule has 5 heteroatoms. The van der Waals surface area contributed by atoms with E-state index in [1.807, 2.05) is 67.7 Å².